The molecular formula is C14H13ClO4S. The van der Waals surface area contributed by atoms with E-state index in [1.165, 1.54) is 25.3 Å². The van der Waals surface area contributed by atoms with E-state index in [9.17, 15) is 8.42 Å². The van der Waals surface area contributed by atoms with Crippen LogP contribution in [0, 0.1) is 6.92 Å². The van der Waals surface area contributed by atoms with Gasteiger partial charge < -0.3 is 8.92 Å². The molecule has 0 saturated carbocycles. The molecule has 0 aliphatic heterocycles. The molecule has 0 N–H and O–H groups in total. The quantitative estimate of drug-likeness (QED) is 0.812. The van der Waals surface area contributed by atoms with Gasteiger partial charge in [0.1, 0.15) is 16.4 Å². The van der Waals surface area contributed by atoms with Crippen molar-refractivity contribution in [2.75, 3.05) is 7.11 Å². The maximum atomic E-state index is 12.2. The van der Waals surface area contributed by atoms with Gasteiger partial charge in [-0.25, -0.2) is 0 Å². The molecule has 0 radical (unpaired) electrons. The maximum Gasteiger partial charge on any atom is 0.340 e. The third-order valence-corrected chi connectivity index (χ3v) is 4.34. The molecule has 4 nitrogen and oxygen atoms in total. The van der Waals surface area contributed by atoms with Crippen molar-refractivity contribution in [3.63, 3.8) is 0 Å². The van der Waals surface area contributed by atoms with Gasteiger partial charge in [0.15, 0.2) is 0 Å². The summed E-state index contributed by atoms with van der Waals surface area (Å²) in [4.78, 5) is -0.0624. The highest BCUT2D eigenvalue weighted by atomic mass is 35.5. The maximum absolute atomic E-state index is 12.2. The van der Waals surface area contributed by atoms with Gasteiger partial charge >= 0.3 is 10.1 Å². The van der Waals surface area contributed by atoms with Crippen molar-refractivity contribution in [3.05, 3.63) is 53.1 Å². The van der Waals surface area contributed by atoms with E-state index < -0.39 is 10.1 Å². The van der Waals surface area contributed by atoms with Gasteiger partial charge in [0.05, 0.1) is 12.1 Å². The summed E-state index contributed by atoms with van der Waals surface area (Å²) in [6, 6.07) is 11.0. The zero-order valence-electron chi connectivity index (χ0n) is 11.0. The first-order valence-corrected chi connectivity index (χ1v) is 7.56. The molecule has 0 aliphatic rings. The van der Waals surface area contributed by atoms with Crippen molar-refractivity contribution in [2.24, 2.45) is 0 Å². The van der Waals surface area contributed by atoms with Crippen LogP contribution in [0.15, 0.2) is 47.4 Å². The first-order chi connectivity index (χ1) is 9.42. The molecule has 0 spiro atoms. The molecule has 2 aromatic rings. The van der Waals surface area contributed by atoms with Crippen LogP contribution in [0.5, 0.6) is 11.5 Å². The number of rotatable bonds is 4. The summed E-state index contributed by atoms with van der Waals surface area (Å²) in [5.74, 6) is 0.675. The molecular weight excluding hydrogens is 300 g/mol. The van der Waals surface area contributed by atoms with Crippen LogP contribution in [0.4, 0.5) is 0 Å². The second kappa shape index (κ2) is 5.73. The first-order valence-electron chi connectivity index (χ1n) is 5.77. The Morgan fingerprint density at radius 3 is 2.40 bits per heavy atom. The molecule has 20 heavy (non-hydrogen) atoms. The van der Waals surface area contributed by atoms with Gasteiger partial charge in [-0.1, -0.05) is 23.7 Å². The molecule has 0 bridgehead atoms. The van der Waals surface area contributed by atoms with Crippen LogP contribution in [-0.4, -0.2) is 15.5 Å². The van der Waals surface area contributed by atoms with E-state index in [2.05, 4.69) is 0 Å². The molecule has 0 amide bonds. The number of aryl methyl sites for hydroxylation is 1. The summed E-state index contributed by atoms with van der Waals surface area (Å²) >= 11 is 5.95. The molecule has 106 valence electrons. The van der Waals surface area contributed by atoms with Gasteiger partial charge in [0.2, 0.25) is 0 Å². The molecule has 0 heterocycles. The summed E-state index contributed by atoms with van der Waals surface area (Å²) in [5, 5.41) is 0.132. The van der Waals surface area contributed by atoms with Crippen molar-refractivity contribution in [1.29, 1.82) is 0 Å². The van der Waals surface area contributed by atoms with Crippen molar-refractivity contribution in [2.45, 2.75) is 11.8 Å². The number of hydrogen-bond acceptors (Lipinski definition) is 4. The molecule has 0 aromatic heterocycles. The van der Waals surface area contributed by atoms with Gasteiger partial charge in [0.25, 0.3) is 0 Å². The van der Waals surface area contributed by atoms with Gasteiger partial charge in [-0.05, 0) is 36.8 Å². The third-order valence-electron chi connectivity index (χ3n) is 2.60. The summed E-state index contributed by atoms with van der Waals surface area (Å²) < 4.78 is 34.4. The summed E-state index contributed by atoms with van der Waals surface area (Å²) in [5.41, 5.74) is 0.871. The van der Waals surface area contributed by atoms with Crippen LogP contribution < -0.4 is 8.92 Å². The average molecular weight is 313 g/mol. The van der Waals surface area contributed by atoms with E-state index >= 15 is 0 Å². The van der Waals surface area contributed by atoms with E-state index in [4.69, 9.17) is 20.5 Å². The molecule has 0 unspecified atom stereocenters. The topological polar surface area (TPSA) is 52.6 Å². The van der Waals surface area contributed by atoms with Crippen LogP contribution in [0.3, 0.4) is 0 Å². The smallest absolute Gasteiger partial charge is 0.340 e. The minimum atomic E-state index is -3.97. The zero-order chi connectivity index (χ0) is 14.8. The number of benzene rings is 2. The van der Waals surface area contributed by atoms with Gasteiger partial charge in [-0.15, -0.1) is 0 Å². The third kappa shape index (κ3) is 3.23. The summed E-state index contributed by atoms with van der Waals surface area (Å²) in [7, 11) is -2.48. The molecule has 2 rings (SSSR count). The predicted molar refractivity (Wildman–Crippen MR) is 77.0 cm³/mol. The SMILES string of the molecule is COc1cccc(OS(=O)(=O)c2ccc(C)cc2Cl)c1. The van der Waals surface area contributed by atoms with E-state index in [0.29, 0.717) is 5.75 Å². The number of halogens is 1. The lowest BCUT2D eigenvalue weighted by atomic mass is 10.2. The monoisotopic (exact) mass is 312 g/mol. The Hall–Kier alpha value is -1.72. The average Bonchev–Trinajstić information content (AvgIpc) is 2.37. The second-order valence-corrected chi connectivity index (χ2v) is 6.07. The van der Waals surface area contributed by atoms with Crippen LogP contribution in [-0.2, 0) is 10.1 Å². The minimum absolute atomic E-state index is 0.0624. The van der Waals surface area contributed by atoms with E-state index in [1.54, 1.807) is 24.3 Å². The Morgan fingerprint density at radius 2 is 1.75 bits per heavy atom. The molecule has 0 fully saturated rings. The molecule has 6 heteroatoms. The van der Waals surface area contributed by atoms with Crippen molar-refractivity contribution >= 4 is 21.7 Å². The summed E-state index contributed by atoms with van der Waals surface area (Å²) in [6.07, 6.45) is 0. The van der Waals surface area contributed by atoms with Crippen LogP contribution >= 0.6 is 11.6 Å². The largest absolute Gasteiger partial charge is 0.497 e. The fourth-order valence-electron chi connectivity index (χ4n) is 1.63. The minimum Gasteiger partial charge on any atom is -0.497 e. The van der Waals surface area contributed by atoms with Crippen molar-refractivity contribution < 1.29 is 17.3 Å². The number of ether oxygens (including phenoxy) is 1. The molecule has 0 aliphatic carbocycles. The lowest BCUT2D eigenvalue weighted by Gasteiger charge is -2.09. The second-order valence-electron chi connectivity index (χ2n) is 4.15. The molecule has 0 saturated heterocycles. The van der Waals surface area contributed by atoms with Gasteiger partial charge in [-0.2, -0.15) is 8.42 Å². The fourth-order valence-corrected chi connectivity index (χ4v) is 3.13. The van der Waals surface area contributed by atoms with Crippen LogP contribution in [0.2, 0.25) is 5.02 Å². The standard InChI is InChI=1S/C14H13ClO4S/c1-10-6-7-14(13(15)8-10)20(16,17)19-12-5-3-4-11(9-12)18-2/h3-9H,1-2H3. The fraction of sp³-hybridized carbons (Fsp3) is 0.143. The Bertz CT molecular complexity index is 726. The van der Waals surface area contributed by atoms with Crippen LogP contribution in [0.1, 0.15) is 5.56 Å². The van der Waals surface area contributed by atoms with Crippen LogP contribution in [0.25, 0.3) is 0 Å². The van der Waals surface area contributed by atoms with Crippen molar-refractivity contribution in [1.82, 2.24) is 0 Å². The van der Waals surface area contributed by atoms with E-state index in [1.807, 2.05) is 6.92 Å². The van der Waals surface area contributed by atoms with Gasteiger partial charge in [-0.3, -0.25) is 0 Å². The Balaban J connectivity index is 2.35. The summed E-state index contributed by atoms with van der Waals surface area (Å²) in [6.45, 7) is 1.82. The Morgan fingerprint density at radius 1 is 1.05 bits per heavy atom. The Labute approximate surface area is 123 Å². The van der Waals surface area contributed by atoms with Crippen molar-refractivity contribution in [3.8, 4) is 11.5 Å². The van der Waals surface area contributed by atoms with Gasteiger partial charge in [0, 0.05) is 6.07 Å². The highest BCUT2D eigenvalue weighted by molar-refractivity contribution is 7.87. The molecule has 0 atom stereocenters. The molecule has 2 aromatic carbocycles. The lowest BCUT2D eigenvalue weighted by Crippen LogP contribution is -2.10. The Kier molecular flexibility index (Phi) is 4.20. The number of hydrogen-bond donors (Lipinski definition) is 0. The predicted octanol–water partition coefficient (Wildman–Crippen LogP) is 3.42. The normalized spacial score (nSPS) is 11.2. The number of methoxy groups -OCH3 is 1. The highest BCUT2D eigenvalue weighted by Gasteiger charge is 2.20. The highest BCUT2D eigenvalue weighted by Crippen LogP contribution is 2.27. The lowest BCUT2D eigenvalue weighted by molar-refractivity contribution is 0.411. The van der Waals surface area contributed by atoms with E-state index in [0.717, 1.165) is 5.56 Å². The first kappa shape index (κ1) is 14.7. The zero-order valence-corrected chi connectivity index (χ0v) is 12.5. The van der Waals surface area contributed by atoms with E-state index in [-0.39, 0.29) is 15.7 Å².